The molecule has 2 amide bonds. The summed E-state index contributed by atoms with van der Waals surface area (Å²) >= 11 is 0. The minimum absolute atomic E-state index is 0.0640. The summed E-state index contributed by atoms with van der Waals surface area (Å²) in [6, 6.07) is 14.8. The van der Waals surface area contributed by atoms with E-state index in [1.54, 1.807) is 36.1 Å². The number of para-hydroxylation sites is 1. The van der Waals surface area contributed by atoms with Gasteiger partial charge in [0, 0.05) is 24.8 Å². The van der Waals surface area contributed by atoms with E-state index in [0.717, 1.165) is 29.7 Å². The van der Waals surface area contributed by atoms with Crippen molar-refractivity contribution in [2.75, 3.05) is 16.8 Å². The number of fused-ring (bicyclic) bond motifs is 1. The molecule has 1 heterocycles. The van der Waals surface area contributed by atoms with Crippen LogP contribution in [0.5, 0.6) is 0 Å². The summed E-state index contributed by atoms with van der Waals surface area (Å²) in [5.74, 6) is -0.821. The van der Waals surface area contributed by atoms with Crippen LogP contribution in [0.3, 0.4) is 0 Å². The third-order valence-electron chi connectivity index (χ3n) is 4.66. The molecule has 2 aromatic rings. The number of carbonyl (C=O) groups excluding carboxylic acids is 3. The lowest BCUT2D eigenvalue weighted by Gasteiger charge is -2.31. The highest BCUT2D eigenvalue weighted by molar-refractivity contribution is 5.98. The Morgan fingerprint density at radius 2 is 1.82 bits per heavy atom. The average molecular weight is 380 g/mol. The molecule has 0 spiro atoms. The zero-order valence-corrected chi connectivity index (χ0v) is 16.1. The number of nitrogens with zero attached hydrogens (tertiary/aromatic N) is 1. The summed E-state index contributed by atoms with van der Waals surface area (Å²) in [5.41, 5.74) is 3.45. The fraction of sp³-hybridized carbons (Fsp3) is 0.318. The predicted octanol–water partition coefficient (Wildman–Crippen LogP) is 3.10. The van der Waals surface area contributed by atoms with Gasteiger partial charge in [-0.05, 0) is 49.1 Å². The number of ether oxygens (including phenoxy) is 1. The Morgan fingerprint density at radius 3 is 2.54 bits per heavy atom. The minimum Gasteiger partial charge on any atom is -0.452 e. The van der Waals surface area contributed by atoms with E-state index in [0.29, 0.717) is 12.2 Å². The van der Waals surface area contributed by atoms with Gasteiger partial charge in [0.2, 0.25) is 5.91 Å². The Labute approximate surface area is 164 Å². The molecule has 1 aliphatic heterocycles. The molecule has 0 saturated carbocycles. The molecule has 0 aliphatic carbocycles. The number of benzene rings is 2. The minimum atomic E-state index is -0.850. The normalized spacial score (nSPS) is 14.0. The van der Waals surface area contributed by atoms with Gasteiger partial charge in [-0.15, -0.1) is 0 Å². The maximum atomic E-state index is 12.8. The molecule has 0 unspecified atom stereocenters. The second kappa shape index (κ2) is 8.69. The van der Waals surface area contributed by atoms with Gasteiger partial charge >= 0.3 is 5.97 Å². The SMILES string of the molecule is CC(=O)Nc1ccc(CC(=O)O[C@H](C)C(=O)N2CCCc3ccccc32)cc1. The standard InChI is InChI=1S/C22H24N2O4/c1-15(22(27)24-13-5-7-18-6-3-4-8-20(18)24)28-21(26)14-17-9-11-19(12-10-17)23-16(2)25/h3-4,6,8-12,15H,5,7,13-14H2,1-2H3,(H,23,25)/t15-/m1/s1. The molecule has 0 bridgehead atoms. The fourth-order valence-corrected chi connectivity index (χ4v) is 3.35. The number of amides is 2. The van der Waals surface area contributed by atoms with E-state index in [2.05, 4.69) is 5.32 Å². The monoisotopic (exact) mass is 380 g/mol. The number of aryl methyl sites for hydroxylation is 1. The van der Waals surface area contributed by atoms with Crippen LogP contribution in [0, 0.1) is 0 Å². The van der Waals surface area contributed by atoms with Gasteiger partial charge < -0.3 is 15.0 Å². The van der Waals surface area contributed by atoms with Crippen molar-refractivity contribution in [1.82, 2.24) is 0 Å². The first kappa shape index (κ1) is 19.6. The van der Waals surface area contributed by atoms with Crippen LogP contribution in [0.2, 0.25) is 0 Å². The molecule has 0 saturated heterocycles. The smallest absolute Gasteiger partial charge is 0.311 e. The van der Waals surface area contributed by atoms with Crippen molar-refractivity contribution in [3.8, 4) is 0 Å². The number of anilines is 2. The zero-order chi connectivity index (χ0) is 20.1. The van der Waals surface area contributed by atoms with E-state index in [-0.39, 0.29) is 18.2 Å². The second-order valence-corrected chi connectivity index (χ2v) is 6.91. The molecule has 0 aromatic heterocycles. The third kappa shape index (κ3) is 4.76. The van der Waals surface area contributed by atoms with Gasteiger partial charge in [0.1, 0.15) is 0 Å². The molecule has 6 nitrogen and oxygen atoms in total. The summed E-state index contributed by atoms with van der Waals surface area (Å²) in [7, 11) is 0. The number of hydrogen-bond acceptors (Lipinski definition) is 4. The number of esters is 1. The van der Waals surface area contributed by atoms with Crippen LogP contribution in [-0.4, -0.2) is 30.4 Å². The molecular weight excluding hydrogens is 356 g/mol. The average Bonchev–Trinajstić information content (AvgIpc) is 2.68. The van der Waals surface area contributed by atoms with Gasteiger partial charge in [-0.25, -0.2) is 0 Å². The Bertz CT molecular complexity index is 876. The van der Waals surface area contributed by atoms with E-state index in [4.69, 9.17) is 4.74 Å². The van der Waals surface area contributed by atoms with Crippen molar-refractivity contribution in [2.45, 2.75) is 39.2 Å². The molecule has 3 rings (SSSR count). The number of nitrogens with one attached hydrogen (secondary N) is 1. The van der Waals surface area contributed by atoms with Crippen LogP contribution in [0.25, 0.3) is 0 Å². The molecule has 1 N–H and O–H groups in total. The summed E-state index contributed by atoms with van der Waals surface area (Å²) < 4.78 is 5.38. The first-order valence-corrected chi connectivity index (χ1v) is 9.39. The Balaban J connectivity index is 1.58. The van der Waals surface area contributed by atoms with Crippen molar-refractivity contribution in [1.29, 1.82) is 0 Å². The van der Waals surface area contributed by atoms with E-state index in [1.807, 2.05) is 24.3 Å². The lowest BCUT2D eigenvalue weighted by atomic mass is 10.0. The van der Waals surface area contributed by atoms with Gasteiger partial charge in [0.05, 0.1) is 6.42 Å². The molecule has 146 valence electrons. The summed E-state index contributed by atoms with van der Waals surface area (Å²) in [4.78, 5) is 37.8. The van der Waals surface area contributed by atoms with Crippen molar-refractivity contribution in [3.63, 3.8) is 0 Å². The summed E-state index contributed by atoms with van der Waals surface area (Å²) in [6.45, 7) is 3.67. The first-order valence-electron chi connectivity index (χ1n) is 9.39. The maximum Gasteiger partial charge on any atom is 0.311 e. The van der Waals surface area contributed by atoms with Crippen LogP contribution in [0.1, 0.15) is 31.4 Å². The van der Waals surface area contributed by atoms with Crippen LogP contribution >= 0.6 is 0 Å². The van der Waals surface area contributed by atoms with Crippen molar-refractivity contribution in [2.24, 2.45) is 0 Å². The van der Waals surface area contributed by atoms with E-state index in [9.17, 15) is 14.4 Å². The van der Waals surface area contributed by atoms with E-state index >= 15 is 0 Å². The largest absolute Gasteiger partial charge is 0.452 e. The Hall–Kier alpha value is -3.15. The topological polar surface area (TPSA) is 75.7 Å². The van der Waals surface area contributed by atoms with Gasteiger partial charge in [0.25, 0.3) is 5.91 Å². The van der Waals surface area contributed by atoms with Crippen molar-refractivity contribution >= 4 is 29.2 Å². The lowest BCUT2D eigenvalue weighted by Crippen LogP contribution is -2.42. The quantitative estimate of drug-likeness (QED) is 0.809. The molecule has 0 radical (unpaired) electrons. The first-order chi connectivity index (χ1) is 13.4. The Morgan fingerprint density at radius 1 is 1.11 bits per heavy atom. The highest BCUT2D eigenvalue weighted by Crippen LogP contribution is 2.27. The molecule has 6 heteroatoms. The zero-order valence-electron chi connectivity index (χ0n) is 16.1. The highest BCUT2D eigenvalue weighted by atomic mass is 16.5. The second-order valence-electron chi connectivity index (χ2n) is 6.91. The molecule has 0 fully saturated rings. The van der Waals surface area contributed by atoms with E-state index < -0.39 is 12.1 Å². The molecule has 2 aromatic carbocycles. The molecular formula is C22H24N2O4. The van der Waals surface area contributed by atoms with Crippen LogP contribution in [0.15, 0.2) is 48.5 Å². The van der Waals surface area contributed by atoms with Crippen molar-refractivity contribution in [3.05, 3.63) is 59.7 Å². The lowest BCUT2D eigenvalue weighted by molar-refractivity contribution is -0.153. The molecule has 1 aliphatic rings. The fourth-order valence-electron chi connectivity index (χ4n) is 3.35. The maximum absolute atomic E-state index is 12.8. The molecule has 1 atom stereocenters. The van der Waals surface area contributed by atoms with Gasteiger partial charge in [-0.3, -0.25) is 14.4 Å². The van der Waals surface area contributed by atoms with Crippen LogP contribution < -0.4 is 10.2 Å². The number of carbonyl (C=O) groups is 3. The highest BCUT2D eigenvalue weighted by Gasteiger charge is 2.28. The van der Waals surface area contributed by atoms with Gasteiger partial charge in [0.15, 0.2) is 6.10 Å². The van der Waals surface area contributed by atoms with E-state index in [1.165, 1.54) is 6.92 Å². The third-order valence-corrected chi connectivity index (χ3v) is 4.66. The Kier molecular flexibility index (Phi) is 6.09. The van der Waals surface area contributed by atoms with Crippen LogP contribution in [0.4, 0.5) is 11.4 Å². The molecule has 28 heavy (non-hydrogen) atoms. The van der Waals surface area contributed by atoms with Crippen LogP contribution in [-0.2, 0) is 32.0 Å². The van der Waals surface area contributed by atoms with Gasteiger partial charge in [-0.2, -0.15) is 0 Å². The summed E-state index contributed by atoms with van der Waals surface area (Å²) in [5, 5.41) is 2.67. The number of rotatable bonds is 5. The predicted molar refractivity (Wildman–Crippen MR) is 107 cm³/mol. The van der Waals surface area contributed by atoms with Gasteiger partial charge in [-0.1, -0.05) is 30.3 Å². The summed E-state index contributed by atoms with van der Waals surface area (Å²) in [6.07, 6.45) is 1.05. The van der Waals surface area contributed by atoms with Crippen molar-refractivity contribution < 1.29 is 19.1 Å². The number of hydrogen-bond donors (Lipinski definition) is 1.